The normalized spacial score (nSPS) is 18.5. The maximum absolute atomic E-state index is 12.8. The summed E-state index contributed by atoms with van der Waals surface area (Å²) in [4.78, 5) is 11.6. The summed E-state index contributed by atoms with van der Waals surface area (Å²) < 4.78 is 36.2. The highest BCUT2D eigenvalue weighted by Crippen LogP contribution is 2.43. The molecule has 5 heteroatoms. The van der Waals surface area contributed by atoms with E-state index in [1.807, 2.05) is 0 Å². The van der Waals surface area contributed by atoms with Crippen LogP contribution in [0.15, 0.2) is 29.2 Å². The Hall–Kier alpha value is -1.23. The van der Waals surface area contributed by atoms with Gasteiger partial charge in [0, 0.05) is 0 Å². The number of halogens is 1. The highest BCUT2D eigenvalue weighted by atomic mass is 32.2. The van der Waals surface area contributed by atoms with Crippen LogP contribution in [0.2, 0.25) is 0 Å². The summed E-state index contributed by atoms with van der Waals surface area (Å²) >= 11 is 0. The topological polar surface area (TPSA) is 51.2 Å². The van der Waals surface area contributed by atoms with Crippen LogP contribution in [0.5, 0.6) is 0 Å². The SMILES string of the molecule is CC(=O)C1(S(=O)(=O)c2ccc(F)cc2)CCC1. The van der Waals surface area contributed by atoms with Gasteiger partial charge in [-0.2, -0.15) is 0 Å². The molecule has 2 rings (SSSR count). The second-order valence-electron chi connectivity index (χ2n) is 4.36. The largest absolute Gasteiger partial charge is 0.298 e. The average Bonchev–Trinajstić information content (AvgIpc) is 2.14. The number of ketones is 1. The van der Waals surface area contributed by atoms with Gasteiger partial charge in [-0.15, -0.1) is 0 Å². The Bertz CT molecular complexity index is 542. The predicted molar refractivity (Wildman–Crippen MR) is 60.8 cm³/mol. The molecule has 1 aliphatic carbocycles. The fourth-order valence-corrected chi connectivity index (χ4v) is 4.30. The van der Waals surface area contributed by atoms with Gasteiger partial charge in [-0.05, 0) is 50.5 Å². The monoisotopic (exact) mass is 256 g/mol. The number of carbonyl (C=O) groups excluding carboxylic acids is 1. The molecular weight excluding hydrogens is 243 g/mol. The molecule has 1 aliphatic rings. The fourth-order valence-electron chi connectivity index (χ4n) is 2.15. The van der Waals surface area contributed by atoms with Crippen molar-refractivity contribution in [3.05, 3.63) is 30.1 Å². The Labute approximate surface area is 99.6 Å². The van der Waals surface area contributed by atoms with Gasteiger partial charge in [0.1, 0.15) is 10.6 Å². The molecule has 0 bridgehead atoms. The van der Waals surface area contributed by atoms with E-state index in [1.54, 1.807) is 0 Å². The molecule has 0 heterocycles. The van der Waals surface area contributed by atoms with E-state index < -0.39 is 20.4 Å². The lowest BCUT2D eigenvalue weighted by Crippen LogP contribution is -2.50. The number of benzene rings is 1. The van der Waals surface area contributed by atoms with E-state index in [1.165, 1.54) is 19.1 Å². The van der Waals surface area contributed by atoms with E-state index in [9.17, 15) is 17.6 Å². The van der Waals surface area contributed by atoms with E-state index in [4.69, 9.17) is 0 Å². The van der Waals surface area contributed by atoms with Crippen LogP contribution in [0.3, 0.4) is 0 Å². The van der Waals surface area contributed by atoms with Gasteiger partial charge in [-0.25, -0.2) is 12.8 Å². The zero-order valence-electron chi connectivity index (χ0n) is 9.44. The van der Waals surface area contributed by atoms with Crippen molar-refractivity contribution in [2.24, 2.45) is 0 Å². The molecule has 0 amide bonds. The van der Waals surface area contributed by atoms with Crippen molar-refractivity contribution in [3.63, 3.8) is 0 Å². The third-order valence-electron chi connectivity index (χ3n) is 3.44. The van der Waals surface area contributed by atoms with Crippen LogP contribution in [0.25, 0.3) is 0 Å². The number of carbonyl (C=O) groups is 1. The lowest BCUT2D eigenvalue weighted by molar-refractivity contribution is -0.121. The Morgan fingerprint density at radius 3 is 2.12 bits per heavy atom. The van der Waals surface area contributed by atoms with Crippen molar-refractivity contribution in [3.8, 4) is 0 Å². The molecule has 0 unspecified atom stereocenters. The maximum atomic E-state index is 12.8. The highest BCUT2D eigenvalue weighted by molar-refractivity contribution is 7.93. The molecule has 1 aromatic rings. The minimum atomic E-state index is -3.70. The first kappa shape index (κ1) is 12.2. The zero-order valence-corrected chi connectivity index (χ0v) is 10.3. The van der Waals surface area contributed by atoms with Crippen molar-refractivity contribution in [1.29, 1.82) is 0 Å². The van der Waals surface area contributed by atoms with Gasteiger partial charge < -0.3 is 0 Å². The summed E-state index contributed by atoms with van der Waals surface area (Å²) in [6.45, 7) is 1.31. The molecule has 0 aliphatic heterocycles. The maximum Gasteiger partial charge on any atom is 0.191 e. The Morgan fingerprint density at radius 2 is 1.76 bits per heavy atom. The Balaban J connectivity index is 2.49. The van der Waals surface area contributed by atoms with Gasteiger partial charge in [-0.3, -0.25) is 4.79 Å². The summed E-state index contributed by atoms with van der Waals surface area (Å²) in [5.41, 5.74) is 0. The van der Waals surface area contributed by atoms with Crippen molar-refractivity contribution >= 4 is 15.6 Å². The minimum absolute atomic E-state index is 0.0220. The van der Waals surface area contributed by atoms with E-state index in [-0.39, 0.29) is 10.7 Å². The quantitative estimate of drug-likeness (QED) is 0.778. The third kappa shape index (κ3) is 1.69. The van der Waals surface area contributed by atoms with Crippen molar-refractivity contribution in [2.75, 3.05) is 0 Å². The fraction of sp³-hybridized carbons (Fsp3) is 0.417. The van der Waals surface area contributed by atoms with Gasteiger partial charge in [0.2, 0.25) is 0 Å². The summed E-state index contributed by atoms with van der Waals surface area (Å²) in [5, 5.41) is 0. The molecule has 92 valence electrons. The molecule has 1 aromatic carbocycles. The van der Waals surface area contributed by atoms with Crippen LogP contribution in [-0.2, 0) is 14.6 Å². The van der Waals surface area contributed by atoms with E-state index in [2.05, 4.69) is 0 Å². The predicted octanol–water partition coefficient (Wildman–Crippen LogP) is 2.11. The molecule has 1 fully saturated rings. The molecular formula is C12H13FO3S. The number of sulfone groups is 1. The number of Topliss-reactive ketones (excluding diaryl/α,β-unsaturated/α-hetero) is 1. The Kier molecular flexibility index (Phi) is 2.81. The summed E-state index contributed by atoms with van der Waals surface area (Å²) in [6.07, 6.45) is 1.46. The van der Waals surface area contributed by atoms with Crippen LogP contribution in [0.4, 0.5) is 4.39 Å². The van der Waals surface area contributed by atoms with Crippen LogP contribution in [0.1, 0.15) is 26.2 Å². The number of hydrogen-bond acceptors (Lipinski definition) is 3. The zero-order chi connectivity index (χ0) is 12.7. The standard InChI is InChI=1S/C12H13FO3S/c1-9(14)12(7-2-8-12)17(15,16)11-5-3-10(13)4-6-11/h3-6H,2,7-8H2,1H3. The number of hydrogen-bond donors (Lipinski definition) is 0. The van der Waals surface area contributed by atoms with Crippen molar-refractivity contribution in [2.45, 2.75) is 35.8 Å². The van der Waals surface area contributed by atoms with Crippen LogP contribution in [0, 0.1) is 5.82 Å². The van der Waals surface area contributed by atoms with Crippen molar-refractivity contribution < 1.29 is 17.6 Å². The lowest BCUT2D eigenvalue weighted by atomic mass is 9.81. The van der Waals surface area contributed by atoms with Gasteiger partial charge in [0.15, 0.2) is 15.6 Å². The van der Waals surface area contributed by atoms with Gasteiger partial charge in [0.05, 0.1) is 4.90 Å². The van der Waals surface area contributed by atoms with E-state index in [0.29, 0.717) is 12.8 Å². The Morgan fingerprint density at radius 1 is 1.24 bits per heavy atom. The smallest absolute Gasteiger partial charge is 0.191 e. The first-order valence-electron chi connectivity index (χ1n) is 5.41. The third-order valence-corrected chi connectivity index (χ3v) is 6.06. The highest BCUT2D eigenvalue weighted by Gasteiger charge is 2.53. The van der Waals surface area contributed by atoms with Crippen LogP contribution in [-0.4, -0.2) is 18.9 Å². The van der Waals surface area contributed by atoms with Gasteiger partial charge in [0.25, 0.3) is 0 Å². The van der Waals surface area contributed by atoms with E-state index in [0.717, 1.165) is 18.6 Å². The number of rotatable bonds is 3. The van der Waals surface area contributed by atoms with Crippen LogP contribution >= 0.6 is 0 Å². The molecule has 0 N–H and O–H groups in total. The van der Waals surface area contributed by atoms with Gasteiger partial charge in [-0.1, -0.05) is 0 Å². The van der Waals surface area contributed by atoms with E-state index >= 15 is 0 Å². The molecule has 0 atom stereocenters. The molecule has 0 radical (unpaired) electrons. The molecule has 0 aromatic heterocycles. The molecule has 0 spiro atoms. The van der Waals surface area contributed by atoms with Crippen molar-refractivity contribution in [1.82, 2.24) is 0 Å². The molecule has 0 saturated heterocycles. The first-order valence-corrected chi connectivity index (χ1v) is 6.90. The van der Waals surface area contributed by atoms with Crippen LogP contribution < -0.4 is 0 Å². The molecule has 17 heavy (non-hydrogen) atoms. The summed E-state index contributed by atoms with van der Waals surface area (Å²) in [5.74, 6) is -0.817. The molecule has 1 saturated carbocycles. The molecule has 3 nitrogen and oxygen atoms in total. The lowest BCUT2D eigenvalue weighted by Gasteiger charge is -2.38. The second kappa shape index (κ2) is 3.91. The first-order chi connectivity index (χ1) is 7.90. The second-order valence-corrected chi connectivity index (χ2v) is 6.62. The average molecular weight is 256 g/mol. The summed E-state index contributed by atoms with van der Waals surface area (Å²) in [7, 11) is -3.70. The minimum Gasteiger partial charge on any atom is -0.298 e. The van der Waals surface area contributed by atoms with Gasteiger partial charge >= 0.3 is 0 Å². The summed E-state index contributed by atoms with van der Waals surface area (Å²) in [6, 6.07) is 4.63.